The van der Waals surface area contributed by atoms with Crippen molar-refractivity contribution in [3.63, 3.8) is 0 Å². The molecule has 15 heavy (non-hydrogen) atoms. The van der Waals surface area contributed by atoms with Gasteiger partial charge in [-0.05, 0) is 42.9 Å². The zero-order valence-electron chi connectivity index (χ0n) is 9.79. The molecule has 2 aliphatic carbocycles. The zero-order chi connectivity index (χ0) is 11.1. The highest BCUT2D eigenvalue weighted by Crippen LogP contribution is 2.54. The zero-order valence-corrected chi connectivity index (χ0v) is 9.79. The predicted octanol–water partition coefficient (Wildman–Crippen LogP) is 1.98. The van der Waals surface area contributed by atoms with Crippen molar-refractivity contribution in [2.75, 3.05) is 0 Å². The number of unbranched alkanes of at least 4 members (excludes halogenated alkanes) is 1. The van der Waals surface area contributed by atoms with E-state index in [4.69, 9.17) is 0 Å². The summed E-state index contributed by atoms with van der Waals surface area (Å²) in [5.74, 6) is 0.446. The largest absolute Gasteiger partial charge is 0.550 e. The van der Waals surface area contributed by atoms with E-state index in [9.17, 15) is 9.90 Å². The molecule has 2 rings (SSSR count). The highest BCUT2D eigenvalue weighted by atomic mass is 16.4. The Morgan fingerprint density at radius 3 is 2.40 bits per heavy atom. The monoisotopic (exact) mass is 209 g/mol. The van der Waals surface area contributed by atoms with Crippen LogP contribution < -0.4 is 5.11 Å². The molecule has 0 aromatic rings. The van der Waals surface area contributed by atoms with Crippen LogP contribution in [-0.2, 0) is 4.79 Å². The lowest BCUT2D eigenvalue weighted by Gasteiger charge is -2.03. The van der Waals surface area contributed by atoms with Gasteiger partial charge >= 0.3 is 0 Å². The van der Waals surface area contributed by atoms with Gasteiger partial charge in [0, 0.05) is 11.9 Å². The van der Waals surface area contributed by atoms with Gasteiger partial charge in [0.1, 0.15) is 0 Å². The van der Waals surface area contributed by atoms with Crippen molar-refractivity contribution in [3.8, 4) is 0 Å². The van der Waals surface area contributed by atoms with E-state index >= 15 is 0 Å². The summed E-state index contributed by atoms with van der Waals surface area (Å²) in [6.45, 7) is 4.68. The van der Waals surface area contributed by atoms with Gasteiger partial charge < -0.3 is 9.90 Å². The number of hydrogen-bond acceptors (Lipinski definition) is 2. The average molecular weight is 209 g/mol. The molecule has 0 aromatic heterocycles. The molecular weight excluding hydrogens is 188 g/mol. The molecule has 3 unspecified atom stereocenters. The van der Waals surface area contributed by atoms with Crippen LogP contribution in [0.5, 0.6) is 0 Å². The first-order valence-corrected chi connectivity index (χ1v) is 6.21. The van der Waals surface area contributed by atoms with Crippen LogP contribution in [-0.4, -0.2) is 5.97 Å². The molecule has 0 amide bonds. The summed E-state index contributed by atoms with van der Waals surface area (Å²) in [7, 11) is 0. The van der Waals surface area contributed by atoms with Gasteiger partial charge in [-0.25, -0.2) is 0 Å². The number of carbonyl (C=O) groups is 1. The third-order valence-electron chi connectivity index (χ3n) is 4.32. The molecule has 86 valence electrons. The van der Waals surface area contributed by atoms with E-state index in [1.165, 1.54) is 25.7 Å². The second kappa shape index (κ2) is 3.80. The fourth-order valence-electron chi connectivity index (χ4n) is 2.72. The molecule has 0 heterocycles. The van der Waals surface area contributed by atoms with E-state index in [0.29, 0.717) is 11.3 Å². The van der Waals surface area contributed by atoms with Gasteiger partial charge in [0.05, 0.1) is 0 Å². The molecule has 0 saturated heterocycles. The molecule has 0 N–H and O–H groups in total. The SMILES string of the molecule is CC1(C)CC1CCCCC1CC1C(=O)[O-]. The third kappa shape index (κ3) is 2.73. The summed E-state index contributed by atoms with van der Waals surface area (Å²) >= 11 is 0. The van der Waals surface area contributed by atoms with Crippen LogP contribution in [0, 0.1) is 23.2 Å². The van der Waals surface area contributed by atoms with Crippen molar-refractivity contribution in [3.05, 3.63) is 0 Å². The van der Waals surface area contributed by atoms with E-state index < -0.39 is 5.97 Å². The van der Waals surface area contributed by atoms with Gasteiger partial charge in [-0.2, -0.15) is 0 Å². The van der Waals surface area contributed by atoms with Crippen molar-refractivity contribution in [1.82, 2.24) is 0 Å². The van der Waals surface area contributed by atoms with Gasteiger partial charge in [0.15, 0.2) is 0 Å². The topological polar surface area (TPSA) is 40.1 Å². The van der Waals surface area contributed by atoms with Crippen LogP contribution in [0.3, 0.4) is 0 Å². The quantitative estimate of drug-likeness (QED) is 0.627. The lowest BCUT2D eigenvalue weighted by molar-refractivity contribution is -0.308. The first-order chi connectivity index (χ1) is 7.00. The van der Waals surface area contributed by atoms with Gasteiger partial charge in [0.2, 0.25) is 0 Å². The minimum absolute atomic E-state index is 0.109. The number of carboxylic acids is 1. The smallest absolute Gasteiger partial charge is 0.0448 e. The van der Waals surface area contributed by atoms with E-state index in [1.807, 2.05) is 0 Å². The lowest BCUT2D eigenvalue weighted by Crippen LogP contribution is -2.24. The Balaban J connectivity index is 1.49. The summed E-state index contributed by atoms with van der Waals surface area (Å²) in [5, 5.41) is 10.5. The Bertz CT molecular complexity index is 257. The maximum Gasteiger partial charge on any atom is 0.0448 e. The molecule has 2 saturated carbocycles. The molecule has 0 aliphatic heterocycles. The molecule has 3 atom stereocenters. The van der Waals surface area contributed by atoms with Gasteiger partial charge in [-0.15, -0.1) is 0 Å². The molecule has 0 aromatic carbocycles. The Morgan fingerprint density at radius 1 is 1.33 bits per heavy atom. The maximum atomic E-state index is 10.5. The number of rotatable bonds is 6. The summed E-state index contributed by atoms with van der Waals surface area (Å²) in [6, 6.07) is 0. The average Bonchev–Trinajstić information content (AvgIpc) is 2.98. The van der Waals surface area contributed by atoms with E-state index in [1.54, 1.807) is 0 Å². The first-order valence-electron chi connectivity index (χ1n) is 6.21. The second-order valence-electron chi connectivity index (χ2n) is 6.10. The standard InChI is InChI=1S/C13H22O2/c1-13(2)8-10(13)6-4-3-5-9-7-11(9)12(14)15/h9-11H,3-8H2,1-2H3,(H,14,15)/p-1. The molecule has 2 fully saturated rings. The van der Waals surface area contributed by atoms with E-state index in [0.717, 1.165) is 18.8 Å². The summed E-state index contributed by atoms with van der Waals surface area (Å²) < 4.78 is 0. The lowest BCUT2D eigenvalue weighted by atomic mass is 10.0. The van der Waals surface area contributed by atoms with Crippen molar-refractivity contribution >= 4 is 5.97 Å². The molecular formula is C13H21O2-. The summed E-state index contributed by atoms with van der Waals surface area (Å²) in [6.07, 6.45) is 7.20. The molecule has 2 heteroatoms. The van der Waals surface area contributed by atoms with Crippen molar-refractivity contribution in [2.45, 2.75) is 52.4 Å². The van der Waals surface area contributed by atoms with Crippen LogP contribution in [0.1, 0.15) is 52.4 Å². The number of carbonyl (C=O) groups excluding carboxylic acids is 1. The van der Waals surface area contributed by atoms with Crippen molar-refractivity contribution < 1.29 is 9.90 Å². The Morgan fingerprint density at radius 2 is 1.93 bits per heavy atom. The van der Waals surface area contributed by atoms with Crippen LogP contribution >= 0.6 is 0 Å². The second-order valence-corrected chi connectivity index (χ2v) is 6.10. The predicted molar refractivity (Wildman–Crippen MR) is 57.0 cm³/mol. The number of aliphatic carboxylic acids is 1. The Kier molecular flexibility index (Phi) is 2.78. The molecule has 0 spiro atoms. The third-order valence-corrected chi connectivity index (χ3v) is 4.32. The normalized spacial score (nSPS) is 36.3. The van der Waals surface area contributed by atoms with Crippen LogP contribution in [0.2, 0.25) is 0 Å². The van der Waals surface area contributed by atoms with Crippen LogP contribution in [0.4, 0.5) is 0 Å². The van der Waals surface area contributed by atoms with E-state index in [2.05, 4.69) is 13.8 Å². The summed E-state index contributed by atoms with van der Waals surface area (Å²) in [4.78, 5) is 10.5. The van der Waals surface area contributed by atoms with Gasteiger partial charge in [0.25, 0.3) is 0 Å². The van der Waals surface area contributed by atoms with Crippen LogP contribution in [0.15, 0.2) is 0 Å². The minimum atomic E-state index is -0.830. The fraction of sp³-hybridized carbons (Fsp3) is 0.923. The first kappa shape index (κ1) is 11.0. The molecule has 0 radical (unpaired) electrons. The van der Waals surface area contributed by atoms with Gasteiger partial charge in [-0.3, -0.25) is 0 Å². The number of hydrogen-bond donors (Lipinski definition) is 0. The van der Waals surface area contributed by atoms with Crippen LogP contribution in [0.25, 0.3) is 0 Å². The molecule has 2 aliphatic rings. The minimum Gasteiger partial charge on any atom is -0.550 e. The Labute approximate surface area is 92.1 Å². The fourth-order valence-corrected chi connectivity index (χ4v) is 2.72. The maximum absolute atomic E-state index is 10.5. The number of carboxylic acid groups (broad SMARTS) is 1. The van der Waals surface area contributed by atoms with Gasteiger partial charge in [-0.1, -0.05) is 26.7 Å². The Hall–Kier alpha value is -0.530. The highest BCUT2D eigenvalue weighted by Gasteiger charge is 2.44. The van der Waals surface area contributed by atoms with E-state index in [-0.39, 0.29) is 5.92 Å². The molecule has 0 bridgehead atoms. The molecule has 2 nitrogen and oxygen atoms in total. The van der Waals surface area contributed by atoms with Crippen molar-refractivity contribution in [2.24, 2.45) is 23.2 Å². The highest BCUT2D eigenvalue weighted by molar-refractivity contribution is 5.71. The summed E-state index contributed by atoms with van der Waals surface area (Å²) in [5.41, 5.74) is 0.604. The van der Waals surface area contributed by atoms with Crippen molar-refractivity contribution in [1.29, 1.82) is 0 Å².